The highest BCUT2D eigenvalue weighted by atomic mass is 16.5. The van der Waals surface area contributed by atoms with Crippen LogP contribution in [0.25, 0.3) is 0 Å². The highest BCUT2D eigenvalue weighted by Crippen LogP contribution is 2.20. The first kappa shape index (κ1) is 19.6. The Morgan fingerprint density at radius 3 is 2.42 bits per heavy atom. The van der Waals surface area contributed by atoms with Crippen molar-refractivity contribution in [2.45, 2.75) is 39.3 Å². The van der Waals surface area contributed by atoms with Crippen LogP contribution in [0.5, 0.6) is 17.2 Å². The zero-order valence-corrected chi connectivity index (χ0v) is 15.8. The maximum atomic E-state index is 12.5. The fourth-order valence-corrected chi connectivity index (χ4v) is 2.39. The van der Waals surface area contributed by atoms with Crippen LogP contribution >= 0.6 is 0 Å². The second-order valence-corrected chi connectivity index (χ2v) is 6.23. The molecule has 0 aliphatic heterocycles. The van der Waals surface area contributed by atoms with E-state index in [1.54, 1.807) is 13.2 Å². The lowest BCUT2D eigenvalue weighted by Gasteiger charge is -2.21. The fraction of sp³-hybridized carbons (Fsp3) is 0.381. The van der Waals surface area contributed by atoms with E-state index < -0.39 is 6.10 Å². The van der Waals surface area contributed by atoms with Gasteiger partial charge in [0.05, 0.1) is 13.2 Å². The minimum atomic E-state index is -0.566. The minimum Gasteiger partial charge on any atom is -0.497 e. The molecule has 0 spiro atoms. The Labute approximate surface area is 155 Å². The lowest BCUT2D eigenvalue weighted by molar-refractivity contribution is -0.128. The number of ether oxygens (including phenoxy) is 3. The first-order valence-electron chi connectivity index (χ1n) is 8.82. The number of hydrogen-bond donors (Lipinski definition) is 1. The molecule has 5 heteroatoms. The van der Waals surface area contributed by atoms with Gasteiger partial charge in [0.2, 0.25) is 0 Å². The summed E-state index contributed by atoms with van der Waals surface area (Å²) in [5, 5.41) is 2.94. The Morgan fingerprint density at radius 2 is 1.77 bits per heavy atom. The number of benzene rings is 2. The molecule has 1 N–H and O–H groups in total. The SMILES string of the molecule is CC[C@@H](Oc1cccc(OC)c1)C(=O)N[C@@H](C)COc1ccc(C)cc1. The van der Waals surface area contributed by atoms with Gasteiger partial charge in [-0.15, -0.1) is 0 Å². The van der Waals surface area contributed by atoms with Crippen molar-refractivity contribution in [1.82, 2.24) is 5.32 Å². The van der Waals surface area contributed by atoms with Gasteiger partial charge in [-0.25, -0.2) is 0 Å². The molecule has 0 heterocycles. The number of aryl methyl sites for hydroxylation is 1. The van der Waals surface area contributed by atoms with E-state index >= 15 is 0 Å². The van der Waals surface area contributed by atoms with Crippen molar-refractivity contribution in [2.75, 3.05) is 13.7 Å². The minimum absolute atomic E-state index is 0.133. The standard InChI is InChI=1S/C21H27NO4/c1-5-20(26-19-8-6-7-18(13-19)24-4)21(23)22-16(3)14-25-17-11-9-15(2)10-12-17/h6-13,16,20H,5,14H2,1-4H3,(H,22,23)/t16-,20+/m0/s1. The highest BCUT2D eigenvalue weighted by Gasteiger charge is 2.20. The third kappa shape index (κ3) is 5.99. The molecule has 0 unspecified atom stereocenters. The van der Waals surface area contributed by atoms with Crippen LogP contribution in [-0.4, -0.2) is 31.8 Å². The molecule has 0 saturated carbocycles. The van der Waals surface area contributed by atoms with Crippen LogP contribution in [0.4, 0.5) is 0 Å². The topological polar surface area (TPSA) is 56.8 Å². The summed E-state index contributed by atoms with van der Waals surface area (Å²) in [6.07, 6.45) is -0.00173. The maximum Gasteiger partial charge on any atom is 0.261 e. The van der Waals surface area contributed by atoms with Gasteiger partial charge in [-0.1, -0.05) is 30.7 Å². The van der Waals surface area contributed by atoms with Crippen molar-refractivity contribution >= 4 is 5.91 Å². The molecule has 2 rings (SSSR count). The zero-order valence-electron chi connectivity index (χ0n) is 15.8. The summed E-state index contributed by atoms with van der Waals surface area (Å²) in [6.45, 7) is 6.24. The first-order valence-corrected chi connectivity index (χ1v) is 8.82. The molecule has 0 aliphatic carbocycles. The Kier molecular flexibility index (Phi) is 7.33. The first-order chi connectivity index (χ1) is 12.5. The van der Waals surface area contributed by atoms with Crippen molar-refractivity contribution in [1.29, 1.82) is 0 Å². The van der Waals surface area contributed by atoms with E-state index in [4.69, 9.17) is 14.2 Å². The summed E-state index contributed by atoms with van der Waals surface area (Å²) < 4.78 is 16.7. The average Bonchev–Trinajstić information content (AvgIpc) is 2.65. The number of methoxy groups -OCH3 is 1. The van der Waals surface area contributed by atoms with Gasteiger partial charge < -0.3 is 19.5 Å². The van der Waals surface area contributed by atoms with Gasteiger partial charge >= 0.3 is 0 Å². The Hall–Kier alpha value is -2.69. The summed E-state index contributed by atoms with van der Waals surface area (Å²) in [5.41, 5.74) is 1.18. The van der Waals surface area contributed by atoms with E-state index in [-0.39, 0.29) is 11.9 Å². The van der Waals surface area contributed by atoms with Gasteiger partial charge in [-0.2, -0.15) is 0 Å². The number of carbonyl (C=O) groups excluding carboxylic acids is 1. The van der Waals surface area contributed by atoms with Crippen molar-refractivity contribution in [2.24, 2.45) is 0 Å². The average molecular weight is 357 g/mol. The third-order valence-electron chi connectivity index (χ3n) is 3.89. The van der Waals surface area contributed by atoms with Gasteiger partial charge in [0, 0.05) is 6.07 Å². The van der Waals surface area contributed by atoms with Gasteiger partial charge in [-0.05, 0) is 44.5 Å². The Bertz CT molecular complexity index is 699. The van der Waals surface area contributed by atoms with Crippen LogP contribution in [0, 0.1) is 6.92 Å². The molecule has 0 aliphatic rings. The largest absolute Gasteiger partial charge is 0.497 e. The van der Waals surface area contributed by atoms with Crippen LogP contribution in [0.2, 0.25) is 0 Å². The summed E-state index contributed by atoms with van der Waals surface area (Å²) in [5.74, 6) is 1.93. The zero-order chi connectivity index (χ0) is 18.9. The van der Waals surface area contributed by atoms with E-state index in [0.29, 0.717) is 24.5 Å². The van der Waals surface area contributed by atoms with Gasteiger partial charge in [-0.3, -0.25) is 4.79 Å². The molecule has 26 heavy (non-hydrogen) atoms. The van der Waals surface area contributed by atoms with Crippen LogP contribution in [0.3, 0.4) is 0 Å². The fourth-order valence-electron chi connectivity index (χ4n) is 2.39. The second-order valence-electron chi connectivity index (χ2n) is 6.23. The van der Waals surface area contributed by atoms with Gasteiger partial charge in [0.1, 0.15) is 23.9 Å². The number of nitrogens with one attached hydrogen (secondary N) is 1. The number of rotatable bonds is 9. The molecule has 0 radical (unpaired) electrons. The number of amides is 1. The molecule has 0 fully saturated rings. The van der Waals surface area contributed by atoms with Crippen molar-refractivity contribution in [3.05, 3.63) is 54.1 Å². The van der Waals surface area contributed by atoms with Gasteiger partial charge in [0.15, 0.2) is 6.10 Å². The summed E-state index contributed by atoms with van der Waals surface area (Å²) in [4.78, 5) is 12.5. The van der Waals surface area contributed by atoms with Crippen molar-refractivity contribution in [3.8, 4) is 17.2 Å². The molecule has 140 valence electrons. The monoisotopic (exact) mass is 357 g/mol. The van der Waals surface area contributed by atoms with Crippen molar-refractivity contribution in [3.63, 3.8) is 0 Å². The maximum absolute atomic E-state index is 12.5. The molecule has 0 aromatic heterocycles. The predicted molar refractivity (Wildman–Crippen MR) is 102 cm³/mol. The summed E-state index contributed by atoms with van der Waals surface area (Å²) >= 11 is 0. The summed E-state index contributed by atoms with van der Waals surface area (Å²) in [7, 11) is 1.60. The Morgan fingerprint density at radius 1 is 1.08 bits per heavy atom. The van der Waals surface area contributed by atoms with Gasteiger partial charge in [0.25, 0.3) is 5.91 Å². The van der Waals surface area contributed by atoms with Crippen molar-refractivity contribution < 1.29 is 19.0 Å². The normalized spacial score (nSPS) is 12.8. The van der Waals surface area contributed by atoms with E-state index in [9.17, 15) is 4.79 Å². The van der Waals surface area contributed by atoms with Crippen LogP contribution in [-0.2, 0) is 4.79 Å². The van der Waals surface area contributed by atoms with E-state index in [0.717, 1.165) is 5.75 Å². The number of carbonyl (C=O) groups is 1. The molecule has 2 aromatic rings. The highest BCUT2D eigenvalue weighted by molar-refractivity contribution is 5.81. The number of hydrogen-bond acceptors (Lipinski definition) is 4. The van der Waals surface area contributed by atoms with E-state index in [2.05, 4.69) is 5.32 Å². The Balaban J connectivity index is 1.85. The third-order valence-corrected chi connectivity index (χ3v) is 3.89. The molecular weight excluding hydrogens is 330 g/mol. The molecule has 2 aromatic carbocycles. The molecular formula is C21H27NO4. The van der Waals surface area contributed by atoms with E-state index in [1.807, 2.05) is 63.2 Å². The quantitative estimate of drug-likeness (QED) is 0.743. The second kappa shape index (κ2) is 9.70. The lowest BCUT2D eigenvalue weighted by atomic mass is 10.2. The molecule has 0 saturated heterocycles. The molecule has 0 bridgehead atoms. The lowest BCUT2D eigenvalue weighted by Crippen LogP contribution is -2.44. The summed E-state index contributed by atoms with van der Waals surface area (Å²) in [6, 6.07) is 14.9. The smallest absolute Gasteiger partial charge is 0.261 e. The van der Waals surface area contributed by atoms with Crippen LogP contribution in [0.1, 0.15) is 25.8 Å². The van der Waals surface area contributed by atoms with E-state index in [1.165, 1.54) is 5.56 Å². The molecule has 2 atom stereocenters. The molecule has 1 amide bonds. The predicted octanol–water partition coefficient (Wildman–Crippen LogP) is 3.74. The molecule has 5 nitrogen and oxygen atoms in total. The van der Waals surface area contributed by atoms with Crippen LogP contribution in [0.15, 0.2) is 48.5 Å². The van der Waals surface area contributed by atoms with Crippen LogP contribution < -0.4 is 19.5 Å².